The van der Waals surface area contributed by atoms with Gasteiger partial charge in [0.25, 0.3) is 0 Å². The molecule has 4 aromatic rings. The van der Waals surface area contributed by atoms with E-state index < -0.39 is 0 Å². The summed E-state index contributed by atoms with van der Waals surface area (Å²) in [6.45, 7) is 1.74. The van der Waals surface area contributed by atoms with Crippen molar-refractivity contribution in [3.8, 4) is 11.1 Å². The molecule has 3 heterocycles. The highest BCUT2D eigenvalue weighted by Crippen LogP contribution is 2.38. The Morgan fingerprint density at radius 3 is 3.04 bits per heavy atom. The number of halogens is 2. The fourth-order valence-corrected chi connectivity index (χ4v) is 3.48. The first-order chi connectivity index (χ1) is 11.6. The summed E-state index contributed by atoms with van der Waals surface area (Å²) in [5.74, 6) is 0.132. The molecule has 0 saturated carbocycles. The normalized spacial score (nSPS) is 11.3. The Balaban J connectivity index is 1.99. The van der Waals surface area contributed by atoms with Gasteiger partial charge in [0.1, 0.15) is 5.82 Å². The minimum atomic E-state index is -0.321. The number of amides is 1. The number of nitrogens with zero attached hydrogens (tertiary/aromatic N) is 3. The molecule has 0 fully saturated rings. The van der Waals surface area contributed by atoms with E-state index in [4.69, 9.17) is 0 Å². The van der Waals surface area contributed by atoms with Crippen LogP contribution in [0.5, 0.6) is 0 Å². The smallest absolute Gasteiger partial charge is 0.212 e. The Morgan fingerprint density at radius 1 is 1.42 bits per heavy atom. The number of carbonyl (C=O) groups is 1. The van der Waals surface area contributed by atoms with Gasteiger partial charge in [0.05, 0.1) is 21.7 Å². The largest absolute Gasteiger partial charge is 0.312 e. The molecule has 6 nitrogen and oxygen atoms in total. The van der Waals surface area contributed by atoms with Crippen molar-refractivity contribution < 1.29 is 9.18 Å². The predicted octanol–water partition coefficient (Wildman–Crippen LogP) is 3.66. The number of hydrogen-bond donors (Lipinski definition) is 2. The zero-order chi connectivity index (χ0) is 16.8. The molecule has 1 amide bonds. The van der Waals surface area contributed by atoms with Crippen molar-refractivity contribution in [1.29, 1.82) is 0 Å². The molecule has 4 rings (SSSR count). The van der Waals surface area contributed by atoms with Crippen LogP contribution in [0.25, 0.3) is 27.5 Å². The molecule has 24 heavy (non-hydrogen) atoms. The average Bonchev–Trinajstić information content (AvgIpc) is 3.19. The number of aromatic nitrogens is 4. The van der Waals surface area contributed by atoms with Crippen LogP contribution in [0.2, 0.25) is 0 Å². The molecule has 0 unspecified atom stereocenters. The number of benzene rings is 1. The van der Waals surface area contributed by atoms with Gasteiger partial charge in [-0.05, 0) is 51.7 Å². The second kappa shape index (κ2) is 5.41. The van der Waals surface area contributed by atoms with Gasteiger partial charge in [0.2, 0.25) is 6.41 Å². The average molecular weight is 388 g/mol. The Bertz CT molecular complexity index is 1100. The maximum atomic E-state index is 14.5. The zero-order valence-corrected chi connectivity index (χ0v) is 14.1. The second-order valence-electron chi connectivity index (χ2n) is 5.36. The molecule has 8 heteroatoms. The highest BCUT2D eigenvalue weighted by atomic mass is 79.9. The van der Waals surface area contributed by atoms with Gasteiger partial charge in [-0.25, -0.2) is 8.91 Å². The van der Waals surface area contributed by atoms with E-state index in [2.05, 4.69) is 36.5 Å². The summed E-state index contributed by atoms with van der Waals surface area (Å²) in [5.41, 5.74) is 3.55. The molecule has 0 atom stereocenters. The van der Waals surface area contributed by atoms with E-state index in [1.165, 1.54) is 0 Å². The van der Waals surface area contributed by atoms with Crippen molar-refractivity contribution in [3.63, 3.8) is 0 Å². The van der Waals surface area contributed by atoms with Crippen molar-refractivity contribution >= 4 is 44.6 Å². The number of nitrogens with one attached hydrogen (secondary N) is 2. The Labute approximate surface area is 143 Å². The molecule has 0 radical (unpaired) electrons. The number of anilines is 1. The first-order valence-corrected chi connectivity index (χ1v) is 7.90. The summed E-state index contributed by atoms with van der Waals surface area (Å²) >= 11 is 3.28. The Hall–Kier alpha value is -2.74. The van der Waals surface area contributed by atoms with Crippen molar-refractivity contribution in [3.05, 3.63) is 46.4 Å². The Morgan fingerprint density at radius 2 is 2.25 bits per heavy atom. The van der Waals surface area contributed by atoms with Crippen LogP contribution in [0.1, 0.15) is 5.56 Å². The maximum absolute atomic E-state index is 14.5. The lowest BCUT2D eigenvalue weighted by molar-refractivity contribution is -0.105. The van der Waals surface area contributed by atoms with Gasteiger partial charge >= 0.3 is 0 Å². The van der Waals surface area contributed by atoms with Gasteiger partial charge in [-0.3, -0.25) is 9.89 Å². The summed E-state index contributed by atoms with van der Waals surface area (Å²) in [5, 5.41) is 14.4. The van der Waals surface area contributed by atoms with Crippen molar-refractivity contribution in [1.82, 2.24) is 19.8 Å². The molecular formula is C16H11BrFN5O. The van der Waals surface area contributed by atoms with Crippen LogP contribution in [0.4, 0.5) is 10.2 Å². The van der Waals surface area contributed by atoms with Crippen LogP contribution < -0.4 is 5.32 Å². The summed E-state index contributed by atoms with van der Waals surface area (Å²) < 4.78 is 16.6. The summed E-state index contributed by atoms with van der Waals surface area (Å²) in [4.78, 5) is 10.6. The summed E-state index contributed by atoms with van der Waals surface area (Å²) in [6.07, 6.45) is 4.03. The van der Waals surface area contributed by atoms with Gasteiger partial charge in [0.15, 0.2) is 5.82 Å². The van der Waals surface area contributed by atoms with Gasteiger partial charge < -0.3 is 5.32 Å². The fourth-order valence-electron chi connectivity index (χ4n) is 2.88. The number of carbonyl (C=O) groups excluding carboxylic acids is 1. The van der Waals surface area contributed by atoms with E-state index in [0.29, 0.717) is 27.8 Å². The van der Waals surface area contributed by atoms with Crippen LogP contribution in [0.3, 0.4) is 0 Å². The highest BCUT2D eigenvalue weighted by molar-refractivity contribution is 9.10. The second-order valence-corrected chi connectivity index (χ2v) is 6.16. The van der Waals surface area contributed by atoms with Crippen LogP contribution >= 0.6 is 15.9 Å². The Kier molecular flexibility index (Phi) is 3.34. The van der Waals surface area contributed by atoms with Gasteiger partial charge in [0, 0.05) is 17.6 Å². The fraction of sp³-hybridized carbons (Fsp3) is 0.0625. The van der Waals surface area contributed by atoms with Crippen LogP contribution in [-0.2, 0) is 4.79 Å². The zero-order valence-electron chi connectivity index (χ0n) is 12.5. The minimum absolute atomic E-state index is 0.321. The van der Waals surface area contributed by atoms with Gasteiger partial charge in [-0.1, -0.05) is 0 Å². The van der Waals surface area contributed by atoms with E-state index in [1.54, 1.807) is 29.9 Å². The predicted molar refractivity (Wildman–Crippen MR) is 92.4 cm³/mol. The van der Waals surface area contributed by atoms with Crippen LogP contribution in [0, 0.1) is 12.7 Å². The van der Waals surface area contributed by atoms with Crippen LogP contribution in [-0.4, -0.2) is 26.2 Å². The summed E-state index contributed by atoms with van der Waals surface area (Å²) in [6, 6.07) is 5.49. The lowest BCUT2D eigenvalue weighted by atomic mass is 9.97. The van der Waals surface area contributed by atoms with Crippen molar-refractivity contribution in [2.24, 2.45) is 0 Å². The number of fused-ring (bicyclic) bond motifs is 2. The van der Waals surface area contributed by atoms with E-state index >= 15 is 0 Å². The van der Waals surface area contributed by atoms with E-state index in [9.17, 15) is 9.18 Å². The molecule has 0 aliphatic rings. The van der Waals surface area contributed by atoms with Crippen LogP contribution in [0.15, 0.2) is 35.1 Å². The first kappa shape index (κ1) is 14.8. The molecule has 0 saturated heterocycles. The molecule has 3 aromatic heterocycles. The third-order valence-corrected chi connectivity index (χ3v) is 4.73. The van der Waals surface area contributed by atoms with Gasteiger partial charge in [-0.2, -0.15) is 10.2 Å². The van der Waals surface area contributed by atoms with E-state index in [0.717, 1.165) is 22.0 Å². The third kappa shape index (κ3) is 2.10. The lowest BCUT2D eigenvalue weighted by Crippen LogP contribution is -1.95. The molecular weight excluding hydrogens is 377 g/mol. The van der Waals surface area contributed by atoms with Gasteiger partial charge in [-0.15, -0.1) is 0 Å². The summed E-state index contributed by atoms with van der Waals surface area (Å²) in [7, 11) is 0. The lowest BCUT2D eigenvalue weighted by Gasteiger charge is -2.11. The SMILES string of the molecule is Cc1c(F)c(Br)c2[nH]ncc2c1-c1ccn2nc(NC=O)cc2c1. The molecule has 0 bridgehead atoms. The molecule has 2 N–H and O–H groups in total. The molecule has 120 valence electrons. The third-order valence-electron chi connectivity index (χ3n) is 3.98. The standard InChI is InChI=1S/C16H11BrFN5O/c1-8-13(11-6-20-21-16(11)14(17)15(8)18)9-2-3-23-10(4-9)5-12(22-23)19-7-24/h2-7H,1H3,(H,20,21)(H,19,22,24). The van der Waals surface area contributed by atoms with E-state index in [1.807, 2.05) is 12.1 Å². The molecule has 0 aliphatic carbocycles. The number of aromatic amines is 1. The number of hydrogen-bond acceptors (Lipinski definition) is 3. The first-order valence-electron chi connectivity index (χ1n) is 7.10. The number of pyridine rings is 1. The maximum Gasteiger partial charge on any atom is 0.212 e. The highest BCUT2D eigenvalue weighted by Gasteiger charge is 2.18. The minimum Gasteiger partial charge on any atom is -0.312 e. The monoisotopic (exact) mass is 387 g/mol. The van der Waals surface area contributed by atoms with E-state index in [-0.39, 0.29) is 5.82 Å². The van der Waals surface area contributed by atoms with Crippen molar-refractivity contribution in [2.75, 3.05) is 5.32 Å². The quantitative estimate of drug-likeness (QED) is 0.526. The number of H-pyrrole nitrogens is 1. The number of rotatable bonds is 3. The molecule has 1 aromatic carbocycles. The molecule has 0 spiro atoms. The van der Waals surface area contributed by atoms with Crippen molar-refractivity contribution in [2.45, 2.75) is 6.92 Å². The topological polar surface area (TPSA) is 75.1 Å². The molecule has 0 aliphatic heterocycles.